The first-order valence-electron chi connectivity index (χ1n) is 8.16. The molecule has 3 rings (SSSR count). The summed E-state index contributed by atoms with van der Waals surface area (Å²) in [7, 11) is 2.96. The van der Waals surface area contributed by atoms with E-state index in [0.717, 1.165) is 10.1 Å². The molecule has 0 aliphatic heterocycles. The number of aromatic nitrogens is 3. The number of aryl methyl sites for hydroxylation is 1. The number of nitrogens with zero attached hydrogens (tertiary/aromatic N) is 3. The van der Waals surface area contributed by atoms with Crippen LogP contribution in [-0.2, 0) is 24.3 Å². The highest BCUT2D eigenvalue weighted by molar-refractivity contribution is 5.99. The van der Waals surface area contributed by atoms with Crippen LogP contribution in [0, 0.1) is 0 Å². The fourth-order valence-electron chi connectivity index (χ4n) is 2.81. The lowest BCUT2D eigenvalue weighted by molar-refractivity contribution is -0.120. The second-order valence-electron chi connectivity index (χ2n) is 6.75. The molecule has 0 aliphatic rings. The van der Waals surface area contributed by atoms with Gasteiger partial charge in [0.1, 0.15) is 5.65 Å². The van der Waals surface area contributed by atoms with Crippen LogP contribution in [0.1, 0.15) is 19.4 Å². The van der Waals surface area contributed by atoms with Gasteiger partial charge in [0.05, 0.1) is 22.7 Å². The Bertz CT molecular complexity index is 1110. The Labute approximate surface area is 149 Å². The van der Waals surface area contributed by atoms with E-state index in [1.165, 1.54) is 17.8 Å². The summed E-state index contributed by atoms with van der Waals surface area (Å²) >= 11 is 0. The van der Waals surface area contributed by atoms with Gasteiger partial charge in [-0.3, -0.25) is 18.7 Å². The molecule has 134 valence electrons. The van der Waals surface area contributed by atoms with E-state index >= 15 is 0 Å². The highest BCUT2D eigenvalue weighted by Gasteiger charge is 2.29. The third kappa shape index (κ3) is 2.81. The standard InChI is InChI=1S/C19H20N4O3/c1-19(2,12-8-6-5-7-9-12)17(25)21-13-10-14-15(20-11-13)22(3)18(26)23(4)16(14)24/h5-11H,1-4H3,(H,21,25). The molecule has 0 unspecified atom stereocenters. The first kappa shape index (κ1) is 17.6. The number of nitrogens with one attached hydrogen (secondary N) is 1. The van der Waals surface area contributed by atoms with Crippen LogP contribution in [0.5, 0.6) is 0 Å². The molecule has 0 fully saturated rings. The number of carbonyl (C=O) groups is 1. The van der Waals surface area contributed by atoms with Gasteiger partial charge in [0.25, 0.3) is 5.56 Å². The molecule has 1 amide bonds. The second kappa shape index (κ2) is 6.25. The molecular formula is C19H20N4O3. The van der Waals surface area contributed by atoms with Gasteiger partial charge in [-0.1, -0.05) is 30.3 Å². The van der Waals surface area contributed by atoms with Crippen LogP contribution in [0.4, 0.5) is 5.69 Å². The van der Waals surface area contributed by atoms with Crippen molar-refractivity contribution in [3.63, 3.8) is 0 Å². The zero-order valence-electron chi connectivity index (χ0n) is 15.1. The van der Waals surface area contributed by atoms with E-state index < -0.39 is 16.7 Å². The average Bonchev–Trinajstić information content (AvgIpc) is 2.65. The summed E-state index contributed by atoms with van der Waals surface area (Å²) in [5.41, 5.74) is -0.0960. The SMILES string of the molecule is Cn1c(=O)c2cc(NC(=O)C(C)(C)c3ccccc3)cnc2n(C)c1=O. The molecule has 0 radical (unpaired) electrons. The highest BCUT2D eigenvalue weighted by Crippen LogP contribution is 2.25. The minimum Gasteiger partial charge on any atom is -0.324 e. The van der Waals surface area contributed by atoms with Gasteiger partial charge >= 0.3 is 5.69 Å². The van der Waals surface area contributed by atoms with Crippen molar-refractivity contribution >= 4 is 22.6 Å². The van der Waals surface area contributed by atoms with E-state index in [2.05, 4.69) is 10.3 Å². The van der Waals surface area contributed by atoms with Crippen molar-refractivity contribution in [2.75, 3.05) is 5.32 Å². The Kier molecular flexibility index (Phi) is 4.23. The van der Waals surface area contributed by atoms with Gasteiger partial charge in [0, 0.05) is 14.1 Å². The van der Waals surface area contributed by atoms with Gasteiger partial charge in [-0.25, -0.2) is 9.78 Å². The van der Waals surface area contributed by atoms with Crippen LogP contribution >= 0.6 is 0 Å². The first-order valence-corrected chi connectivity index (χ1v) is 8.16. The van der Waals surface area contributed by atoms with E-state index in [0.29, 0.717) is 5.69 Å². The maximum Gasteiger partial charge on any atom is 0.332 e. The number of anilines is 1. The van der Waals surface area contributed by atoms with Crippen molar-refractivity contribution in [1.29, 1.82) is 0 Å². The molecule has 0 bridgehead atoms. The van der Waals surface area contributed by atoms with Crippen molar-refractivity contribution in [2.45, 2.75) is 19.3 Å². The lowest BCUT2D eigenvalue weighted by Crippen LogP contribution is -2.37. The topological polar surface area (TPSA) is 86.0 Å². The van der Waals surface area contributed by atoms with Crippen LogP contribution in [-0.4, -0.2) is 20.0 Å². The van der Waals surface area contributed by atoms with Gasteiger partial charge in [0.15, 0.2) is 0 Å². The summed E-state index contributed by atoms with van der Waals surface area (Å²) in [4.78, 5) is 41.3. The predicted octanol–water partition coefficient (Wildman–Crippen LogP) is 1.55. The normalized spacial score (nSPS) is 11.5. The zero-order chi connectivity index (χ0) is 19.1. The number of rotatable bonds is 3. The Morgan fingerprint density at radius 3 is 2.38 bits per heavy atom. The maximum atomic E-state index is 12.8. The molecular weight excluding hydrogens is 332 g/mol. The minimum absolute atomic E-state index is 0.216. The molecule has 1 aromatic carbocycles. The molecule has 0 saturated carbocycles. The highest BCUT2D eigenvalue weighted by atomic mass is 16.2. The summed E-state index contributed by atoms with van der Waals surface area (Å²) in [5, 5.41) is 3.09. The molecule has 2 aromatic heterocycles. The summed E-state index contributed by atoms with van der Waals surface area (Å²) < 4.78 is 2.32. The third-order valence-electron chi connectivity index (χ3n) is 4.61. The van der Waals surface area contributed by atoms with Crippen molar-refractivity contribution in [3.8, 4) is 0 Å². The molecule has 0 spiro atoms. The van der Waals surface area contributed by atoms with Crippen LogP contribution in [0.2, 0.25) is 0 Å². The number of hydrogen-bond acceptors (Lipinski definition) is 4. The van der Waals surface area contributed by atoms with Crippen LogP contribution in [0.3, 0.4) is 0 Å². The molecule has 7 nitrogen and oxygen atoms in total. The van der Waals surface area contributed by atoms with E-state index in [1.54, 1.807) is 13.1 Å². The Hall–Kier alpha value is -3.22. The monoisotopic (exact) mass is 352 g/mol. The van der Waals surface area contributed by atoms with Crippen molar-refractivity contribution in [3.05, 3.63) is 69.0 Å². The number of carbonyl (C=O) groups excluding carboxylic acids is 1. The van der Waals surface area contributed by atoms with Crippen molar-refractivity contribution < 1.29 is 4.79 Å². The molecule has 1 N–H and O–H groups in total. The second-order valence-corrected chi connectivity index (χ2v) is 6.75. The van der Waals surface area contributed by atoms with E-state index in [4.69, 9.17) is 0 Å². The van der Waals surface area contributed by atoms with Crippen molar-refractivity contribution in [2.24, 2.45) is 14.1 Å². The average molecular weight is 352 g/mol. The molecule has 2 heterocycles. The molecule has 0 atom stereocenters. The smallest absolute Gasteiger partial charge is 0.324 e. The largest absolute Gasteiger partial charge is 0.332 e. The molecule has 26 heavy (non-hydrogen) atoms. The molecule has 0 saturated heterocycles. The van der Waals surface area contributed by atoms with E-state index in [9.17, 15) is 14.4 Å². The van der Waals surface area contributed by atoms with Crippen molar-refractivity contribution in [1.82, 2.24) is 14.1 Å². The lowest BCUT2D eigenvalue weighted by Gasteiger charge is -2.24. The summed E-state index contributed by atoms with van der Waals surface area (Å²) in [5.74, 6) is -0.216. The van der Waals surface area contributed by atoms with Crippen LogP contribution in [0.25, 0.3) is 11.0 Å². The summed E-state index contributed by atoms with van der Waals surface area (Å²) in [6.07, 6.45) is 1.44. The molecule has 7 heteroatoms. The minimum atomic E-state index is -0.759. The third-order valence-corrected chi connectivity index (χ3v) is 4.61. The van der Waals surface area contributed by atoms with Gasteiger partial charge in [-0.05, 0) is 25.5 Å². The number of benzene rings is 1. The van der Waals surface area contributed by atoms with Gasteiger partial charge in [-0.15, -0.1) is 0 Å². The maximum absolute atomic E-state index is 12.8. The fourth-order valence-corrected chi connectivity index (χ4v) is 2.81. The Morgan fingerprint density at radius 2 is 1.73 bits per heavy atom. The zero-order valence-corrected chi connectivity index (χ0v) is 15.1. The quantitative estimate of drug-likeness (QED) is 0.775. The van der Waals surface area contributed by atoms with Crippen LogP contribution in [0.15, 0.2) is 52.2 Å². The summed E-state index contributed by atoms with van der Waals surface area (Å²) in [6, 6.07) is 11.0. The number of amides is 1. The van der Waals surface area contributed by atoms with E-state index in [1.807, 2.05) is 44.2 Å². The van der Waals surface area contributed by atoms with E-state index in [-0.39, 0.29) is 16.9 Å². The summed E-state index contributed by atoms with van der Waals surface area (Å²) in [6.45, 7) is 3.66. The lowest BCUT2D eigenvalue weighted by atomic mass is 9.83. The van der Waals surface area contributed by atoms with Gasteiger partial charge < -0.3 is 5.32 Å². The Balaban J connectivity index is 2.01. The molecule has 3 aromatic rings. The number of hydrogen-bond donors (Lipinski definition) is 1. The predicted molar refractivity (Wildman–Crippen MR) is 100 cm³/mol. The number of pyridine rings is 1. The fraction of sp³-hybridized carbons (Fsp3) is 0.263. The molecule has 0 aliphatic carbocycles. The van der Waals surface area contributed by atoms with Gasteiger partial charge in [-0.2, -0.15) is 0 Å². The Morgan fingerprint density at radius 1 is 1.08 bits per heavy atom. The van der Waals surface area contributed by atoms with Crippen LogP contribution < -0.4 is 16.6 Å². The van der Waals surface area contributed by atoms with Gasteiger partial charge in [0.2, 0.25) is 5.91 Å². The number of fused-ring (bicyclic) bond motifs is 1. The first-order chi connectivity index (χ1) is 12.2.